The molecule has 146 valence electrons. The van der Waals surface area contributed by atoms with Gasteiger partial charge in [0.05, 0.1) is 0 Å². The lowest BCUT2D eigenvalue weighted by atomic mass is 9.94. The van der Waals surface area contributed by atoms with Crippen molar-refractivity contribution in [3.8, 4) is 0 Å². The highest BCUT2D eigenvalue weighted by Gasteiger charge is 2.87. The van der Waals surface area contributed by atoms with Crippen molar-refractivity contribution in [1.29, 1.82) is 0 Å². The first kappa shape index (κ1) is 23.1. The highest BCUT2D eigenvalue weighted by Crippen LogP contribution is 2.58. The fraction of sp³-hybridized carbons (Fsp3) is 1.00. The number of ether oxygens (including phenoxy) is 1. The summed E-state index contributed by atoms with van der Waals surface area (Å²) in [5.41, 5.74) is 0. The molecule has 0 unspecified atom stereocenters. The normalized spacial score (nSPS) is 15.2. The van der Waals surface area contributed by atoms with Crippen molar-refractivity contribution < 1.29 is 57.4 Å². The van der Waals surface area contributed by atoms with Gasteiger partial charge in [-0.05, 0) is 6.42 Å². The van der Waals surface area contributed by atoms with Crippen LogP contribution in [0.4, 0.5) is 52.7 Å². The van der Waals surface area contributed by atoms with Crippen molar-refractivity contribution in [3.05, 3.63) is 0 Å². The van der Waals surface area contributed by atoms with Crippen molar-refractivity contribution in [3.63, 3.8) is 0 Å². The summed E-state index contributed by atoms with van der Waals surface area (Å²) in [6.45, 7) is -1.61. The molecule has 0 heterocycles. The Morgan fingerprint density at radius 2 is 1.21 bits per heavy atom. The van der Waals surface area contributed by atoms with Crippen LogP contribution in [0, 0.1) is 0 Å². The van der Waals surface area contributed by atoms with Crippen molar-refractivity contribution in [1.82, 2.24) is 0 Å². The number of hydrogen-bond donors (Lipinski definition) is 0. The summed E-state index contributed by atoms with van der Waals surface area (Å²) < 4.78 is 157. The van der Waals surface area contributed by atoms with E-state index in [-0.39, 0.29) is 6.42 Å². The van der Waals surface area contributed by atoms with E-state index in [9.17, 15) is 52.7 Å². The minimum atomic E-state index is -7.49. The van der Waals surface area contributed by atoms with Crippen LogP contribution in [0.25, 0.3) is 0 Å². The Kier molecular flexibility index (Phi) is 6.90. The van der Waals surface area contributed by atoms with E-state index < -0.39 is 49.3 Å². The van der Waals surface area contributed by atoms with Gasteiger partial charge < -0.3 is 4.74 Å². The highest BCUT2D eigenvalue weighted by molar-refractivity contribution is 5.09. The standard InChI is InChI=1S/C11H12F12O/c1-2-3-4-24-5-7(14,15)9(18,19)11(22,23)10(20,21)8(16,17)6(12)13/h6H,2-5H2,1H3. The van der Waals surface area contributed by atoms with Gasteiger partial charge >= 0.3 is 36.0 Å². The molecule has 0 N–H and O–H groups in total. The maximum atomic E-state index is 13.1. The number of unbranched alkanes of at least 4 members (excludes halogenated alkanes) is 1. The van der Waals surface area contributed by atoms with Crippen LogP contribution in [0.5, 0.6) is 0 Å². The summed E-state index contributed by atoms with van der Waals surface area (Å²) in [5.74, 6) is -35.0. The Balaban J connectivity index is 5.64. The van der Waals surface area contributed by atoms with Gasteiger partial charge in [-0.3, -0.25) is 0 Å². The second-order valence-electron chi connectivity index (χ2n) is 4.76. The van der Waals surface area contributed by atoms with Crippen LogP contribution < -0.4 is 0 Å². The van der Waals surface area contributed by atoms with Crippen LogP contribution in [0.3, 0.4) is 0 Å². The summed E-state index contributed by atoms with van der Waals surface area (Å²) in [6, 6.07) is 0. The Morgan fingerprint density at radius 3 is 1.58 bits per heavy atom. The van der Waals surface area contributed by atoms with Gasteiger partial charge in [0.15, 0.2) is 0 Å². The van der Waals surface area contributed by atoms with Crippen LogP contribution >= 0.6 is 0 Å². The fourth-order valence-electron chi connectivity index (χ4n) is 1.31. The van der Waals surface area contributed by atoms with Crippen LogP contribution in [-0.2, 0) is 4.74 Å². The first-order valence-electron chi connectivity index (χ1n) is 6.25. The lowest BCUT2D eigenvalue weighted by molar-refractivity contribution is -0.415. The summed E-state index contributed by atoms with van der Waals surface area (Å²) in [4.78, 5) is 0. The second-order valence-corrected chi connectivity index (χ2v) is 4.76. The van der Waals surface area contributed by atoms with Gasteiger partial charge in [-0.2, -0.15) is 43.9 Å². The molecule has 1 nitrogen and oxygen atoms in total. The monoisotopic (exact) mass is 388 g/mol. The Morgan fingerprint density at radius 1 is 0.750 bits per heavy atom. The van der Waals surface area contributed by atoms with E-state index in [0.717, 1.165) is 0 Å². The molecular weight excluding hydrogens is 376 g/mol. The molecule has 0 saturated heterocycles. The van der Waals surface area contributed by atoms with E-state index in [0.29, 0.717) is 6.42 Å². The molecule has 0 rings (SSSR count). The van der Waals surface area contributed by atoms with E-state index in [1.165, 1.54) is 6.92 Å². The minimum Gasteiger partial charge on any atom is -0.375 e. The number of hydrogen-bond acceptors (Lipinski definition) is 1. The molecule has 0 aliphatic rings. The van der Waals surface area contributed by atoms with Gasteiger partial charge in [-0.25, -0.2) is 8.78 Å². The van der Waals surface area contributed by atoms with Crippen molar-refractivity contribution in [2.24, 2.45) is 0 Å². The summed E-state index contributed by atoms with van der Waals surface area (Å²) >= 11 is 0. The average Bonchev–Trinajstić information content (AvgIpc) is 2.42. The topological polar surface area (TPSA) is 9.23 Å². The van der Waals surface area contributed by atoms with Crippen LogP contribution in [0.15, 0.2) is 0 Å². The zero-order valence-electron chi connectivity index (χ0n) is 11.8. The molecule has 0 bridgehead atoms. The SMILES string of the molecule is CCCCOCC(F)(F)C(F)(F)C(F)(F)C(F)(F)C(F)(F)C(F)F. The highest BCUT2D eigenvalue weighted by atomic mass is 19.4. The molecule has 0 fully saturated rings. The average molecular weight is 388 g/mol. The molecule has 13 heteroatoms. The smallest absolute Gasteiger partial charge is 0.375 e. The molecule has 0 radical (unpaired) electrons. The molecule has 0 aromatic rings. The number of rotatable bonds is 10. The van der Waals surface area contributed by atoms with Gasteiger partial charge in [-0.15, -0.1) is 0 Å². The van der Waals surface area contributed by atoms with Gasteiger partial charge in [0.25, 0.3) is 0 Å². The maximum absolute atomic E-state index is 13.1. The molecule has 0 atom stereocenters. The maximum Gasteiger partial charge on any atom is 0.384 e. The first-order chi connectivity index (χ1) is 10.5. The van der Waals surface area contributed by atoms with E-state index >= 15 is 0 Å². The van der Waals surface area contributed by atoms with Crippen molar-refractivity contribution in [2.45, 2.75) is 55.8 Å². The number of halogens is 12. The molecule has 0 saturated carbocycles. The summed E-state index contributed by atoms with van der Waals surface area (Å²) in [7, 11) is 0. The predicted molar refractivity (Wildman–Crippen MR) is 56.5 cm³/mol. The van der Waals surface area contributed by atoms with Gasteiger partial charge in [0, 0.05) is 6.61 Å². The fourth-order valence-corrected chi connectivity index (χ4v) is 1.31. The quantitative estimate of drug-likeness (QED) is 0.367. The van der Waals surface area contributed by atoms with E-state index in [1.54, 1.807) is 0 Å². The third-order valence-corrected chi connectivity index (χ3v) is 2.87. The molecule has 0 aromatic heterocycles. The van der Waals surface area contributed by atoms with Crippen molar-refractivity contribution >= 4 is 0 Å². The number of alkyl halides is 12. The first-order valence-corrected chi connectivity index (χ1v) is 6.25. The van der Waals surface area contributed by atoms with Crippen LogP contribution in [0.2, 0.25) is 0 Å². The molecule has 24 heavy (non-hydrogen) atoms. The Labute approximate surface area is 127 Å². The molecule has 0 aromatic carbocycles. The third-order valence-electron chi connectivity index (χ3n) is 2.87. The summed E-state index contributed by atoms with van der Waals surface area (Å²) in [6.07, 6.45) is -5.15. The lowest BCUT2D eigenvalue weighted by Crippen LogP contribution is -2.69. The van der Waals surface area contributed by atoms with Gasteiger partial charge in [0.2, 0.25) is 0 Å². The zero-order chi connectivity index (χ0) is 19.6. The Bertz CT molecular complexity index is 406. The second kappa shape index (κ2) is 7.16. The van der Waals surface area contributed by atoms with Crippen molar-refractivity contribution in [2.75, 3.05) is 13.2 Å². The van der Waals surface area contributed by atoms with Crippen LogP contribution in [0.1, 0.15) is 19.8 Å². The van der Waals surface area contributed by atoms with Crippen LogP contribution in [-0.4, -0.2) is 49.3 Å². The van der Waals surface area contributed by atoms with E-state index in [4.69, 9.17) is 0 Å². The molecule has 0 amide bonds. The van der Waals surface area contributed by atoms with E-state index in [2.05, 4.69) is 4.74 Å². The predicted octanol–water partition coefficient (Wildman–Crippen LogP) is 5.24. The minimum absolute atomic E-state index is 0.0255. The molecule has 0 spiro atoms. The largest absolute Gasteiger partial charge is 0.384 e. The zero-order valence-corrected chi connectivity index (χ0v) is 11.8. The van der Waals surface area contributed by atoms with Gasteiger partial charge in [0.1, 0.15) is 6.61 Å². The van der Waals surface area contributed by atoms with Gasteiger partial charge in [-0.1, -0.05) is 13.3 Å². The van der Waals surface area contributed by atoms with E-state index in [1.807, 2.05) is 0 Å². The molecule has 0 aliphatic carbocycles. The lowest BCUT2D eigenvalue weighted by Gasteiger charge is -2.39. The molecule has 0 aliphatic heterocycles. The Hall–Kier alpha value is -0.880. The third kappa shape index (κ3) is 3.69. The summed E-state index contributed by atoms with van der Waals surface area (Å²) in [5, 5.41) is 0. The molecular formula is C11H12F12O.